The van der Waals surface area contributed by atoms with Crippen molar-refractivity contribution in [3.8, 4) is 11.1 Å². The van der Waals surface area contributed by atoms with E-state index in [1.807, 2.05) is 35.2 Å². The molecular formula is C23H20F3NO. The van der Waals surface area contributed by atoms with E-state index in [1.54, 1.807) is 0 Å². The van der Waals surface area contributed by atoms with Crippen molar-refractivity contribution in [2.75, 3.05) is 11.4 Å². The molecule has 0 N–H and O–H groups in total. The van der Waals surface area contributed by atoms with Crippen molar-refractivity contribution in [3.05, 3.63) is 65.7 Å². The number of alkyl halides is 3. The van der Waals surface area contributed by atoms with E-state index in [0.717, 1.165) is 40.6 Å². The fraction of sp³-hybridized carbons (Fsp3) is 0.261. The normalized spacial score (nSPS) is 13.8. The molecule has 3 aromatic carbocycles. The Morgan fingerprint density at radius 3 is 2.29 bits per heavy atom. The number of anilines is 1. The van der Waals surface area contributed by atoms with Gasteiger partial charge in [-0.2, -0.15) is 13.2 Å². The van der Waals surface area contributed by atoms with Crippen molar-refractivity contribution in [1.82, 2.24) is 0 Å². The molecule has 2 nitrogen and oxygen atoms in total. The van der Waals surface area contributed by atoms with Gasteiger partial charge in [0.25, 0.3) is 5.91 Å². The molecule has 0 saturated carbocycles. The molecule has 0 atom stereocenters. The first-order valence-electron chi connectivity index (χ1n) is 9.32. The first kappa shape index (κ1) is 18.5. The topological polar surface area (TPSA) is 20.3 Å². The largest absolute Gasteiger partial charge is 0.416 e. The highest BCUT2D eigenvalue weighted by molar-refractivity contribution is 6.26. The summed E-state index contributed by atoms with van der Waals surface area (Å²) in [5.41, 5.74) is 2.40. The first-order chi connectivity index (χ1) is 13.3. The molecule has 0 bridgehead atoms. The van der Waals surface area contributed by atoms with Crippen LogP contribution in [0.4, 0.5) is 18.9 Å². The summed E-state index contributed by atoms with van der Waals surface area (Å²) < 4.78 is 38.6. The van der Waals surface area contributed by atoms with Crippen molar-refractivity contribution < 1.29 is 18.0 Å². The molecule has 4 rings (SSSR count). The van der Waals surface area contributed by atoms with Crippen LogP contribution in [-0.4, -0.2) is 12.5 Å². The zero-order chi connectivity index (χ0) is 20.1. The Labute approximate surface area is 161 Å². The minimum absolute atomic E-state index is 0.00850. The van der Waals surface area contributed by atoms with E-state index in [4.69, 9.17) is 0 Å². The third-order valence-electron chi connectivity index (χ3n) is 5.24. The fourth-order valence-electron chi connectivity index (χ4n) is 3.75. The van der Waals surface area contributed by atoms with Gasteiger partial charge in [0, 0.05) is 17.5 Å². The zero-order valence-electron chi connectivity index (χ0n) is 15.7. The number of carbonyl (C=O) groups is 1. The third kappa shape index (κ3) is 3.05. The molecule has 1 heterocycles. The van der Waals surface area contributed by atoms with Crippen LogP contribution in [0.2, 0.25) is 0 Å². The maximum Gasteiger partial charge on any atom is 0.416 e. The summed E-state index contributed by atoms with van der Waals surface area (Å²) in [6.45, 7) is 4.90. The highest BCUT2D eigenvalue weighted by atomic mass is 19.4. The lowest BCUT2D eigenvalue weighted by Gasteiger charge is -2.19. The van der Waals surface area contributed by atoms with Crippen LogP contribution >= 0.6 is 0 Å². The predicted octanol–water partition coefficient (Wildman–Crippen LogP) is 6.53. The summed E-state index contributed by atoms with van der Waals surface area (Å²) in [5.74, 6) is 0.476. The Balaban J connectivity index is 1.81. The van der Waals surface area contributed by atoms with Gasteiger partial charge in [-0.25, -0.2) is 0 Å². The molecule has 0 aliphatic carbocycles. The van der Waals surface area contributed by atoms with Crippen molar-refractivity contribution in [1.29, 1.82) is 0 Å². The number of hydrogen-bond acceptors (Lipinski definition) is 1. The molecule has 0 fully saturated rings. The Bertz CT molecular complexity index is 1050. The van der Waals surface area contributed by atoms with Crippen molar-refractivity contribution in [2.45, 2.75) is 26.4 Å². The van der Waals surface area contributed by atoms with E-state index in [-0.39, 0.29) is 5.91 Å². The average molecular weight is 383 g/mol. The fourth-order valence-corrected chi connectivity index (χ4v) is 3.75. The third-order valence-corrected chi connectivity index (χ3v) is 5.24. The van der Waals surface area contributed by atoms with Gasteiger partial charge in [0.15, 0.2) is 0 Å². The van der Waals surface area contributed by atoms with Crippen molar-refractivity contribution >= 4 is 22.4 Å². The highest BCUT2D eigenvalue weighted by Gasteiger charge is 2.31. The maximum absolute atomic E-state index is 12.9. The molecule has 144 valence electrons. The lowest BCUT2D eigenvalue weighted by Crippen LogP contribution is -2.28. The molecule has 3 aromatic rings. The smallest absolute Gasteiger partial charge is 0.308 e. The Morgan fingerprint density at radius 1 is 0.929 bits per heavy atom. The number of amides is 1. The molecular weight excluding hydrogens is 363 g/mol. The SMILES string of the molecule is CC(C)CCN1C(=O)c2cccc3c(-c4ccc(C(F)(F)F)cc4)ccc1c23. The lowest BCUT2D eigenvalue weighted by atomic mass is 9.95. The molecule has 1 amide bonds. The molecule has 0 unspecified atom stereocenters. The number of nitrogens with zero attached hydrogens (tertiary/aromatic N) is 1. The summed E-state index contributed by atoms with van der Waals surface area (Å²) >= 11 is 0. The van der Waals surface area contributed by atoms with Crippen LogP contribution in [0.5, 0.6) is 0 Å². The molecule has 0 radical (unpaired) electrons. The molecule has 1 aliphatic rings. The van der Waals surface area contributed by atoms with Crippen LogP contribution in [0, 0.1) is 5.92 Å². The summed E-state index contributed by atoms with van der Waals surface area (Å²) in [6, 6.07) is 14.5. The zero-order valence-corrected chi connectivity index (χ0v) is 15.7. The van der Waals surface area contributed by atoms with Crippen LogP contribution in [-0.2, 0) is 6.18 Å². The molecule has 28 heavy (non-hydrogen) atoms. The number of benzene rings is 3. The van der Waals surface area contributed by atoms with E-state index >= 15 is 0 Å². The van der Waals surface area contributed by atoms with E-state index in [9.17, 15) is 18.0 Å². The second-order valence-corrected chi connectivity index (χ2v) is 7.57. The van der Waals surface area contributed by atoms with Gasteiger partial charge in [0.2, 0.25) is 0 Å². The van der Waals surface area contributed by atoms with Crippen molar-refractivity contribution in [3.63, 3.8) is 0 Å². The van der Waals surface area contributed by atoms with E-state index < -0.39 is 11.7 Å². The van der Waals surface area contributed by atoms with Crippen LogP contribution < -0.4 is 4.90 Å². The van der Waals surface area contributed by atoms with Gasteiger partial charge < -0.3 is 4.90 Å². The van der Waals surface area contributed by atoms with Crippen LogP contribution in [0.1, 0.15) is 36.2 Å². The molecule has 0 saturated heterocycles. The highest BCUT2D eigenvalue weighted by Crippen LogP contribution is 2.42. The monoisotopic (exact) mass is 383 g/mol. The first-order valence-corrected chi connectivity index (χ1v) is 9.32. The predicted molar refractivity (Wildman–Crippen MR) is 106 cm³/mol. The molecule has 1 aliphatic heterocycles. The number of halogens is 3. The second-order valence-electron chi connectivity index (χ2n) is 7.57. The van der Waals surface area contributed by atoms with Gasteiger partial charge in [-0.3, -0.25) is 4.79 Å². The van der Waals surface area contributed by atoms with E-state index in [0.29, 0.717) is 23.6 Å². The van der Waals surface area contributed by atoms with Gasteiger partial charge >= 0.3 is 6.18 Å². The number of hydrogen-bond donors (Lipinski definition) is 0. The minimum Gasteiger partial charge on any atom is -0.308 e. The summed E-state index contributed by atoms with van der Waals surface area (Å²) in [5, 5.41) is 1.77. The van der Waals surface area contributed by atoms with Gasteiger partial charge in [-0.05, 0) is 53.1 Å². The number of carbonyl (C=O) groups excluding carboxylic acids is 1. The molecule has 5 heteroatoms. The summed E-state index contributed by atoms with van der Waals surface area (Å²) in [7, 11) is 0. The Hall–Kier alpha value is -2.82. The van der Waals surface area contributed by atoms with E-state index in [1.165, 1.54) is 12.1 Å². The van der Waals surface area contributed by atoms with Gasteiger partial charge in [0.1, 0.15) is 0 Å². The quantitative estimate of drug-likeness (QED) is 0.501. The Kier molecular flexibility index (Phi) is 4.41. The van der Waals surface area contributed by atoms with Gasteiger partial charge in [-0.15, -0.1) is 0 Å². The summed E-state index contributed by atoms with van der Waals surface area (Å²) in [4.78, 5) is 14.7. The standard InChI is InChI=1S/C23H20F3NO/c1-14(2)12-13-27-20-11-10-17(15-6-8-16(9-7-15)23(24,25)26)18-4-3-5-19(21(18)20)22(27)28/h3-11,14H,12-13H2,1-2H3. The lowest BCUT2D eigenvalue weighted by molar-refractivity contribution is -0.137. The molecule has 0 aromatic heterocycles. The van der Waals surface area contributed by atoms with Crippen molar-refractivity contribution in [2.24, 2.45) is 5.92 Å². The molecule has 0 spiro atoms. The van der Waals surface area contributed by atoms with Crippen LogP contribution in [0.25, 0.3) is 21.9 Å². The van der Waals surface area contributed by atoms with Crippen LogP contribution in [0.15, 0.2) is 54.6 Å². The minimum atomic E-state index is -4.36. The average Bonchev–Trinajstić information content (AvgIpc) is 2.93. The second kappa shape index (κ2) is 6.66. The van der Waals surface area contributed by atoms with Gasteiger partial charge in [-0.1, -0.05) is 44.2 Å². The van der Waals surface area contributed by atoms with Crippen LogP contribution in [0.3, 0.4) is 0 Å². The Morgan fingerprint density at radius 2 is 1.64 bits per heavy atom. The maximum atomic E-state index is 12.9. The number of rotatable bonds is 4. The summed E-state index contributed by atoms with van der Waals surface area (Å²) in [6.07, 6.45) is -3.45. The van der Waals surface area contributed by atoms with E-state index in [2.05, 4.69) is 13.8 Å². The van der Waals surface area contributed by atoms with Gasteiger partial charge in [0.05, 0.1) is 11.3 Å².